The van der Waals surface area contributed by atoms with Gasteiger partial charge in [0.2, 0.25) is 6.41 Å². The maximum absolute atomic E-state index is 12.8. The van der Waals surface area contributed by atoms with Crippen molar-refractivity contribution in [1.29, 1.82) is 0 Å². The molecule has 1 amide bonds. The number of nitrogens with one attached hydrogen (secondary N) is 1. The number of aryl methyl sites for hydroxylation is 1. The molecule has 0 aliphatic carbocycles. The highest BCUT2D eigenvalue weighted by molar-refractivity contribution is 5.98. The second-order valence-corrected chi connectivity index (χ2v) is 7.26. The van der Waals surface area contributed by atoms with Gasteiger partial charge in [-0.05, 0) is 54.4 Å². The molecule has 6 nitrogen and oxygen atoms in total. The van der Waals surface area contributed by atoms with Crippen molar-refractivity contribution in [1.82, 2.24) is 0 Å². The Morgan fingerprint density at radius 2 is 1.41 bits per heavy atom. The zero-order chi connectivity index (χ0) is 23.8. The number of anilines is 1. The van der Waals surface area contributed by atoms with E-state index in [0.29, 0.717) is 30.0 Å². The molecule has 4 aromatic carbocycles. The van der Waals surface area contributed by atoms with Gasteiger partial charge in [0.05, 0.1) is 5.69 Å². The van der Waals surface area contributed by atoms with E-state index in [9.17, 15) is 9.59 Å². The van der Waals surface area contributed by atoms with Crippen molar-refractivity contribution < 1.29 is 23.8 Å². The fourth-order valence-electron chi connectivity index (χ4n) is 3.27. The van der Waals surface area contributed by atoms with Crippen molar-refractivity contribution in [3.63, 3.8) is 0 Å². The molecule has 0 radical (unpaired) electrons. The van der Waals surface area contributed by atoms with Crippen LogP contribution in [-0.4, -0.2) is 12.4 Å². The first-order valence-electron chi connectivity index (χ1n) is 10.8. The molecule has 0 unspecified atom stereocenters. The number of fused-ring (bicyclic) bond motifs is 1. The number of benzene rings is 4. The number of rotatable bonds is 7. The van der Waals surface area contributed by atoms with Gasteiger partial charge in [0.1, 0.15) is 17.1 Å². The standard InChI is InChI=1S/C22H19NO4.C6H4O/c1-2-16-13-14-19(22(25)27-18-11-7-4-8-12-18)21(20(16)23-15-24)26-17-9-5-3-6-10-17;1-2-4-6-5(3-1)7-6/h3-15H,2H2,1H3,(H,23,24);1-4H. The van der Waals surface area contributed by atoms with Crippen LogP contribution < -0.4 is 19.5 Å². The molecule has 1 aliphatic heterocycles. The van der Waals surface area contributed by atoms with Gasteiger partial charge in [-0.2, -0.15) is 0 Å². The summed E-state index contributed by atoms with van der Waals surface area (Å²) in [5, 5.41) is 2.66. The quantitative estimate of drug-likeness (QED) is 0.130. The number of para-hydroxylation sites is 4. The Kier molecular flexibility index (Phi) is 7.20. The summed E-state index contributed by atoms with van der Waals surface area (Å²) in [6, 6.07) is 29.1. The molecular formula is C28H23NO5. The largest absolute Gasteiger partial charge is 0.454 e. The third kappa shape index (κ3) is 5.61. The summed E-state index contributed by atoms with van der Waals surface area (Å²) < 4.78 is 16.4. The molecule has 0 fully saturated rings. The lowest BCUT2D eigenvalue weighted by Gasteiger charge is -2.17. The van der Waals surface area contributed by atoms with Crippen LogP contribution in [0.5, 0.6) is 28.7 Å². The van der Waals surface area contributed by atoms with Crippen molar-refractivity contribution >= 4 is 18.1 Å². The first kappa shape index (κ1) is 22.6. The maximum atomic E-state index is 12.8. The number of hydrogen-bond acceptors (Lipinski definition) is 5. The summed E-state index contributed by atoms with van der Waals surface area (Å²) in [6.07, 6.45) is 1.23. The van der Waals surface area contributed by atoms with Crippen molar-refractivity contribution in [3.05, 3.63) is 108 Å². The minimum atomic E-state index is -0.566. The maximum Gasteiger partial charge on any atom is 0.347 e. The van der Waals surface area contributed by atoms with E-state index < -0.39 is 5.97 Å². The molecule has 34 heavy (non-hydrogen) atoms. The van der Waals surface area contributed by atoms with E-state index in [2.05, 4.69) is 5.32 Å². The van der Waals surface area contributed by atoms with Crippen LogP contribution in [0.25, 0.3) is 0 Å². The summed E-state index contributed by atoms with van der Waals surface area (Å²) in [7, 11) is 0. The normalized spacial score (nSPS) is 10.5. The van der Waals surface area contributed by atoms with E-state index in [1.807, 2.05) is 55.5 Å². The highest BCUT2D eigenvalue weighted by Gasteiger charge is 2.22. The Hall–Kier alpha value is -4.58. The van der Waals surface area contributed by atoms with Crippen LogP contribution in [0.4, 0.5) is 5.69 Å². The topological polar surface area (TPSA) is 77.2 Å². The van der Waals surface area contributed by atoms with E-state index in [1.54, 1.807) is 48.5 Å². The molecule has 5 rings (SSSR count). The van der Waals surface area contributed by atoms with Crippen LogP contribution >= 0.6 is 0 Å². The van der Waals surface area contributed by atoms with E-state index in [1.165, 1.54) is 0 Å². The molecule has 0 spiro atoms. The number of carbonyl (C=O) groups is 2. The number of hydrogen-bond donors (Lipinski definition) is 1. The van der Waals surface area contributed by atoms with Gasteiger partial charge in [0.15, 0.2) is 17.2 Å². The predicted octanol–water partition coefficient (Wildman–Crippen LogP) is 6.62. The number of esters is 1. The van der Waals surface area contributed by atoms with Crippen LogP contribution in [0.1, 0.15) is 22.8 Å². The van der Waals surface area contributed by atoms with E-state index in [0.717, 1.165) is 17.1 Å². The Morgan fingerprint density at radius 1 is 0.824 bits per heavy atom. The van der Waals surface area contributed by atoms with Gasteiger partial charge >= 0.3 is 5.97 Å². The van der Waals surface area contributed by atoms with Gasteiger partial charge in [-0.1, -0.05) is 61.5 Å². The smallest absolute Gasteiger partial charge is 0.347 e. The van der Waals surface area contributed by atoms with Gasteiger partial charge in [-0.3, -0.25) is 4.79 Å². The van der Waals surface area contributed by atoms with Crippen molar-refractivity contribution in [2.45, 2.75) is 13.3 Å². The molecule has 0 saturated carbocycles. The molecule has 6 heteroatoms. The minimum Gasteiger partial charge on any atom is -0.454 e. The van der Waals surface area contributed by atoms with Crippen LogP contribution in [0.2, 0.25) is 0 Å². The van der Waals surface area contributed by atoms with Gasteiger partial charge in [-0.15, -0.1) is 0 Å². The second-order valence-electron chi connectivity index (χ2n) is 7.26. The van der Waals surface area contributed by atoms with Gasteiger partial charge in [0, 0.05) is 0 Å². The molecular weight excluding hydrogens is 430 g/mol. The predicted molar refractivity (Wildman–Crippen MR) is 130 cm³/mol. The number of amides is 1. The molecule has 1 N–H and O–H groups in total. The molecule has 0 saturated heterocycles. The lowest BCUT2D eigenvalue weighted by molar-refractivity contribution is -0.105. The highest BCUT2D eigenvalue weighted by atomic mass is 16.6. The Balaban J connectivity index is 0.000000328. The lowest BCUT2D eigenvalue weighted by Crippen LogP contribution is -2.12. The summed E-state index contributed by atoms with van der Waals surface area (Å²) in [6.45, 7) is 1.96. The fourth-order valence-corrected chi connectivity index (χ4v) is 3.27. The van der Waals surface area contributed by atoms with Crippen LogP contribution in [-0.2, 0) is 11.2 Å². The van der Waals surface area contributed by atoms with Crippen LogP contribution in [0.15, 0.2) is 97.1 Å². The van der Waals surface area contributed by atoms with Crippen molar-refractivity contribution in [2.24, 2.45) is 0 Å². The molecule has 4 aromatic rings. The Labute approximate surface area is 197 Å². The van der Waals surface area contributed by atoms with E-state index >= 15 is 0 Å². The summed E-state index contributed by atoms with van der Waals surface area (Å²) in [4.78, 5) is 23.9. The first-order chi connectivity index (χ1) is 16.7. The summed E-state index contributed by atoms with van der Waals surface area (Å²) >= 11 is 0. The number of ether oxygens (including phenoxy) is 3. The zero-order valence-corrected chi connectivity index (χ0v) is 18.6. The van der Waals surface area contributed by atoms with Crippen LogP contribution in [0, 0.1) is 0 Å². The summed E-state index contributed by atoms with van der Waals surface area (Å²) in [5.74, 6) is 2.73. The number of carbonyl (C=O) groups excluding carboxylic acids is 2. The average molecular weight is 453 g/mol. The van der Waals surface area contributed by atoms with Crippen molar-refractivity contribution in [3.8, 4) is 28.7 Å². The van der Waals surface area contributed by atoms with Gasteiger partial charge in [0.25, 0.3) is 0 Å². The van der Waals surface area contributed by atoms with E-state index in [4.69, 9.17) is 14.2 Å². The zero-order valence-electron chi connectivity index (χ0n) is 18.6. The second kappa shape index (κ2) is 10.8. The molecule has 0 aromatic heterocycles. The Morgan fingerprint density at radius 3 is 1.97 bits per heavy atom. The monoisotopic (exact) mass is 453 g/mol. The summed E-state index contributed by atoms with van der Waals surface area (Å²) in [5.41, 5.74) is 1.53. The third-order valence-corrected chi connectivity index (χ3v) is 4.99. The van der Waals surface area contributed by atoms with E-state index in [-0.39, 0.29) is 11.3 Å². The SMILES string of the molecule is CCc1ccc(C(=O)Oc2ccccc2)c(Oc2ccccc2)c1NC=O.c1ccc2c(c1)O2. The van der Waals surface area contributed by atoms with Gasteiger partial charge < -0.3 is 19.5 Å². The van der Waals surface area contributed by atoms with Gasteiger partial charge in [-0.25, -0.2) is 4.79 Å². The highest BCUT2D eigenvalue weighted by Crippen LogP contribution is 2.43. The van der Waals surface area contributed by atoms with Crippen LogP contribution in [0.3, 0.4) is 0 Å². The first-order valence-corrected chi connectivity index (χ1v) is 10.8. The molecule has 1 aliphatic rings. The molecule has 170 valence electrons. The van der Waals surface area contributed by atoms with Crippen molar-refractivity contribution in [2.75, 3.05) is 5.32 Å². The molecule has 1 heterocycles. The lowest BCUT2D eigenvalue weighted by atomic mass is 10.0. The molecule has 0 atom stereocenters. The fraction of sp³-hybridized carbons (Fsp3) is 0.0714. The minimum absolute atomic E-state index is 0.226. The third-order valence-electron chi connectivity index (χ3n) is 4.99. The Bertz CT molecular complexity index is 1250. The average Bonchev–Trinajstić information content (AvgIpc) is 3.67. The molecule has 0 bridgehead atoms.